The van der Waals surface area contributed by atoms with Gasteiger partial charge < -0.3 is 20.1 Å². The van der Waals surface area contributed by atoms with Crippen molar-refractivity contribution in [2.75, 3.05) is 24.8 Å². The Balaban J connectivity index is 1.94. The fourth-order valence-electron chi connectivity index (χ4n) is 3.88. The molecular formula is C25H19Cl3F3N3O5S. The molecule has 212 valence electrons. The molecule has 1 aliphatic rings. The minimum atomic E-state index is -4.73. The Hall–Kier alpha value is -3.11. The molecule has 0 bridgehead atoms. The van der Waals surface area contributed by atoms with E-state index in [1.165, 1.54) is 18.2 Å². The van der Waals surface area contributed by atoms with Gasteiger partial charge in [-0.25, -0.2) is 0 Å². The Bertz CT molecular complexity index is 1410. The number of amides is 2. The van der Waals surface area contributed by atoms with Gasteiger partial charge in [0, 0.05) is 11.6 Å². The van der Waals surface area contributed by atoms with Crippen LogP contribution in [0.3, 0.4) is 0 Å². The Morgan fingerprint density at radius 3 is 2.35 bits per heavy atom. The first kappa shape index (κ1) is 31.4. The molecule has 2 amide bonds. The van der Waals surface area contributed by atoms with Crippen LogP contribution in [0.1, 0.15) is 24.0 Å². The molecule has 0 radical (unpaired) electrons. The fourth-order valence-corrected chi connectivity index (χ4v) is 5.56. The van der Waals surface area contributed by atoms with E-state index in [0.29, 0.717) is 6.07 Å². The van der Waals surface area contributed by atoms with Crippen LogP contribution in [0, 0.1) is 17.2 Å². The Labute approximate surface area is 245 Å². The van der Waals surface area contributed by atoms with E-state index in [9.17, 15) is 32.8 Å². The number of alkyl halides is 3. The first-order valence-corrected chi connectivity index (χ1v) is 13.4. The highest BCUT2D eigenvalue weighted by Crippen LogP contribution is 2.44. The van der Waals surface area contributed by atoms with E-state index in [2.05, 4.69) is 10.6 Å². The van der Waals surface area contributed by atoms with Crippen molar-refractivity contribution in [1.29, 1.82) is 5.26 Å². The lowest BCUT2D eigenvalue weighted by Crippen LogP contribution is -2.44. The van der Waals surface area contributed by atoms with E-state index < -0.39 is 52.1 Å². The lowest BCUT2D eigenvalue weighted by Gasteiger charge is -2.31. The number of hydrogen-bond donors (Lipinski definition) is 2. The van der Waals surface area contributed by atoms with Crippen molar-refractivity contribution >= 4 is 70.0 Å². The number of thioether (sulfide) groups is 1. The highest BCUT2D eigenvalue weighted by atomic mass is 35.5. The maximum absolute atomic E-state index is 13.1. The number of nitriles is 1. The number of anilines is 1. The molecule has 0 unspecified atom stereocenters. The lowest BCUT2D eigenvalue weighted by atomic mass is 9.78. The molecule has 1 aliphatic heterocycles. The van der Waals surface area contributed by atoms with Gasteiger partial charge in [0.1, 0.15) is 5.92 Å². The zero-order chi connectivity index (χ0) is 29.8. The zero-order valence-corrected chi connectivity index (χ0v) is 23.7. The van der Waals surface area contributed by atoms with Crippen LogP contribution < -0.4 is 15.4 Å². The summed E-state index contributed by atoms with van der Waals surface area (Å²) in [5.74, 6) is -5.39. The van der Waals surface area contributed by atoms with E-state index in [0.717, 1.165) is 24.9 Å². The number of rotatable bonds is 8. The van der Waals surface area contributed by atoms with Gasteiger partial charge in [-0.2, -0.15) is 18.4 Å². The highest BCUT2D eigenvalue weighted by Gasteiger charge is 2.45. The molecule has 0 saturated heterocycles. The monoisotopic (exact) mass is 635 g/mol. The SMILES string of the molecule is CCOc1c(Cl)cc([C@H]2C(C#N)=C(SCC(=O)Nc3ccc(Cl)c(C(F)(F)F)c3)NC(=O)[C@@H]2C(=O)OC)cc1Cl. The number of allylic oxidation sites excluding steroid dienone is 1. The van der Waals surface area contributed by atoms with Crippen molar-refractivity contribution in [3.05, 3.63) is 67.1 Å². The van der Waals surface area contributed by atoms with Gasteiger partial charge in [-0.1, -0.05) is 46.6 Å². The second-order valence-corrected chi connectivity index (χ2v) is 10.3. The molecule has 2 N–H and O–H groups in total. The first-order chi connectivity index (χ1) is 18.8. The summed E-state index contributed by atoms with van der Waals surface area (Å²) in [6, 6.07) is 7.65. The molecule has 2 aromatic carbocycles. The van der Waals surface area contributed by atoms with E-state index in [4.69, 9.17) is 44.3 Å². The van der Waals surface area contributed by atoms with Gasteiger partial charge in [-0.15, -0.1) is 0 Å². The average molecular weight is 637 g/mol. The third-order valence-corrected chi connectivity index (χ3v) is 7.46. The summed E-state index contributed by atoms with van der Waals surface area (Å²) in [7, 11) is 1.08. The standard InChI is InChI=1S/C25H19Cl3F3N3O5S/c1-3-39-21-16(27)6-11(7-17(21)28)19-13(9-32)23(34-22(36)20(19)24(37)38-2)40-10-18(35)33-12-4-5-15(26)14(8-12)25(29,30)31/h4-8,19-20H,3,10H2,1-2H3,(H,33,35)(H,34,36)/t19-,20+/m0/s1. The molecule has 8 nitrogen and oxygen atoms in total. The van der Waals surface area contributed by atoms with Gasteiger partial charge in [0.15, 0.2) is 5.75 Å². The molecule has 0 spiro atoms. The van der Waals surface area contributed by atoms with Gasteiger partial charge in [0.2, 0.25) is 11.8 Å². The van der Waals surface area contributed by atoms with Crippen LogP contribution in [-0.4, -0.2) is 37.3 Å². The van der Waals surface area contributed by atoms with Crippen molar-refractivity contribution in [2.24, 2.45) is 5.92 Å². The van der Waals surface area contributed by atoms with Crippen molar-refractivity contribution in [2.45, 2.75) is 19.0 Å². The molecule has 0 saturated carbocycles. The van der Waals surface area contributed by atoms with Crippen LogP contribution in [-0.2, 0) is 25.3 Å². The second-order valence-electron chi connectivity index (χ2n) is 8.10. The predicted molar refractivity (Wildman–Crippen MR) is 144 cm³/mol. The van der Waals surface area contributed by atoms with E-state index in [1.54, 1.807) is 6.92 Å². The van der Waals surface area contributed by atoms with Gasteiger partial charge >= 0.3 is 12.1 Å². The van der Waals surface area contributed by atoms with Crippen molar-refractivity contribution in [3.63, 3.8) is 0 Å². The fraction of sp³-hybridized carbons (Fsp3) is 0.280. The number of methoxy groups -OCH3 is 1. The summed E-state index contributed by atoms with van der Waals surface area (Å²) < 4.78 is 49.6. The number of hydrogen-bond acceptors (Lipinski definition) is 7. The summed E-state index contributed by atoms with van der Waals surface area (Å²) >= 11 is 19.0. The number of nitrogens with one attached hydrogen (secondary N) is 2. The average Bonchev–Trinajstić information content (AvgIpc) is 2.89. The van der Waals surface area contributed by atoms with Crippen molar-refractivity contribution < 1.29 is 37.0 Å². The van der Waals surface area contributed by atoms with Crippen molar-refractivity contribution in [3.8, 4) is 11.8 Å². The second kappa shape index (κ2) is 13.0. The number of ether oxygens (including phenoxy) is 2. The number of carbonyl (C=O) groups is 3. The Morgan fingerprint density at radius 1 is 1.15 bits per heavy atom. The quantitative estimate of drug-likeness (QED) is 0.263. The highest BCUT2D eigenvalue weighted by molar-refractivity contribution is 8.03. The van der Waals surface area contributed by atoms with Gasteiger partial charge in [0.05, 0.1) is 56.8 Å². The van der Waals surface area contributed by atoms with Crippen LogP contribution in [0.5, 0.6) is 5.75 Å². The third-order valence-electron chi connectivity index (χ3n) is 5.56. The molecular weight excluding hydrogens is 618 g/mol. The molecule has 0 fully saturated rings. The molecule has 40 heavy (non-hydrogen) atoms. The normalized spacial score (nSPS) is 17.1. The van der Waals surface area contributed by atoms with Crippen LogP contribution in [0.25, 0.3) is 0 Å². The van der Waals surface area contributed by atoms with Gasteiger partial charge in [-0.3, -0.25) is 14.4 Å². The number of esters is 1. The summed E-state index contributed by atoms with van der Waals surface area (Å²) in [5, 5.41) is 14.4. The maximum atomic E-state index is 13.1. The molecule has 15 heteroatoms. The van der Waals surface area contributed by atoms with E-state index in [-0.39, 0.29) is 44.3 Å². The van der Waals surface area contributed by atoms with Gasteiger partial charge in [-0.05, 0) is 42.8 Å². The summed E-state index contributed by atoms with van der Waals surface area (Å²) in [4.78, 5) is 38.2. The maximum Gasteiger partial charge on any atom is 0.417 e. The molecule has 1 heterocycles. The van der Waals surface area contributed by atoms with Gasteiger partial charge in [0.25, 0.3) is 0 Å². The van der Waals surface area contributed by atoms with Crippen LogP contribution in [0.4, 0.5) is 18.9 Å². The topological polar surface area (TPSA) is 118 Å². The van der Waals surface area contributed by atoms with Crippen molar-refractivity contribution in [1.82, 2.24) is 5.32 Å². The minimum absolute atomic E-state index is 0.0407. The number of benzene rings is 2. The zero-order valence-electron chi connectivity index (χ0n) is 20.6. The number of carbonyl (C=O) groups excluding carboxylic acids is 3. The summed E-state index contributed by atoms with van der Waals surface area (Å²) in [5.41, 5.74) is -1.14. The van der Waals surface area contributed by atoms with E-state index >= 15 is 0 Å². The smallest absolute Gasteiger partial charge is 0.417 e. The largest absolute Gasteiger partial charge is 0.491 e. The third kappa shape index (κ3) is 6.96. The molecule has 3 rings (SSSR count). The van der Waals surface area contributed by atoms with Crippen LogP contribution in [0.15, 0.2) is 40.9 Å². The number of halogens is 6. The summed E-state index contributed by atoms with van der Waals surface area (Å²) in [6.07, 6.45) is -4.73. The Morgan fingerprint density at radius 2 is 1.80 bits per heavy atom. The molecule has 0 aromatic heterocycles. The first-order valence-electron chi connectivity index (χ1n) is 11.3. The molecule has 2 aromatic rings. The van der Waals surface area contributed by atoms with Crippen LogP contribution >= 0.6 is 46.6 Å². The van der Waals surface area contributed by atoms with Crippen LogP contribution in [0.2, 0.25) is 15.1 Å². The lowest BCUT2D eigenvalue weighted by molar-refractivity contribution is -0.150. The predicted octanol–water partition coefficient (Wildman–Crippen LogP) is 6.17. The Kier molecular flexibility index (Phi) is 10.2. The minimum Gasteiger partial charge on any atom is -0.491 e. The number of nitrogens with zero attached hydrogens (tertiary/aromatic N) is 1. The molecule has 2 atom stereocenters. The van der Waals surface area contributed by atoms with E-state index in [1.807, 2.05) is 6.07 Å². The summed E-state index contributed by atoms with van der Waals surface area (Å²) in [6.45, 7) is 1.98. The molecule has 0 aliphatic carbocycles.